The van der Waals surface area contributed by atoms with Gasteiger partial charge < -0.3 is 10.1 Å². The van der Waals surface area contributed by atoms with Gasteiger partial charge in [-0.05, 0) is 39.1 Å². The lowest BCUT2D eigenvalue weighted by Crippen LogP contribution is -2.50. The van der Waals surface area contributed by atoms with Crippen LogP contribution in [0, 0.1) is 0 Å². The molecule has 10 heteroatoms. The Kier molecular flexibility index (Phi) is 6.54. The van der Waals surface area contributed by atoms with Crippen molar-refractivity contribution in [3.63, 3.8) is 0 Å². The second kappa shape index (κ2) is 8.45. The number of thiophene rings is 1. The van der Waals surface area contributed by atoms with E-state index in [0.717, 1.165) is 10.2 Å². The first-order valence-electron chi connectivity index (χ1n) is 7.79. The summed E-state index contributed by atoms with van der Waals surface area (Å²) < 4.78 is 5.07. The normalized spacial score (nSPS) is 12.5. The van der Waals surface area contributed by atoms with Crippen molar-refractivity contribution in [3.05, 3.63) is 17.8 Å². The molecule has 2 aromatic rings. The van der Waals surface area contributed by atoms with Crippen molar-refractivity contribution in [2.75, 3.05) is 5.75 Å². The Bertz CT molecular complexity index is 816. The van der Waals surface area contributed by atoms with E-state index in [1.165, 1.54) is 36.3 Å². The number of urea groups is 1. The molecule has 0 fully saturated rings. The number of rotatable bonds is 5. The van der Waals surface area contributed by atoms with Crippen LogP contribution < -0.4 is 10.6 Å². The van der Waals surface area contributed by atoms with Crippen LogP contribution in [0.15, 0.2) is 22.8 Å². The third kappa shape index (κ3) is 5.95. The minimum atomic E-state index is -1.08. The van der Waals surface area contributed by atoms with E-state index in [0.29, 0.717) is 5.03 Å². The van der Waals surface area contributed by atoms with Crippen LogP contribution in [0.4, 0.5) is 4.79 Å². The van der Waals surface area contributed by atoms with Gasteiger partial charge in [0, 0.05) is 10.9 Å². The van der Waals surface area contributed by atoms with Gasteiger partial charge in [0.2, 0.25) is 0 Å². The van der Waals surface area contributed by atoms with E-state index in [1.807, 2.05) is 11.4 Å². The highest BCUT2D eigenvalue weighted by Crippen LogP contribution is 2.27. The number of ether oxygens (including phenoxy) is 1. The van der Waals surface area contributed by atoms with Gasteiger partial charge in [0.05, 0.1) is 5.75 Å². The van der Waals surface area contributed by atoms with E-state index in [1.54, 1.807) is 20.8 Å². The summed E-state index contributed by atoms with van der Waals surface area (Å²) in [5.41, 5.74) is -0.481. The maximum absolute atomic E-state index is 12.0. The summed E-state index contributed by atoms with van der Waals surface area (Å²) in [6.45, 7) is 6.77. The van der Waals surface area contributed by atoms with Gasteiger partial charge in [0.1, 0.15) is 16.2 Å². The minimum absolute atomic E-state index is 0.00618. The zero-order valence-electron chi connectivity index (χ0n) is 14.9. The number of aromatic nitrogens is 2. The highest BCUT2D eigenvalue weighted by molar-refractivity contribution is 8.00. The number of hydrogen-bond donors (Lipinski definition) is 2. The summed E-state index contributed by atoms with van der Waals surface area (Å²) in [6.07, 6.45) is 0.358. The highest BCUT2D eigenvalue weighted by Gasteiger charge is 2.22. The van der Waals surface area contributed by atoms with Crippen LogP contribution in [-0.2, 0) is 14.3 Å². The van der Waals surface area contributed by atoms with Crippen molar-refractivity contribution in [1.82, 2.24) is 20.6 Å². The standard InChI is InChI=1S/C16H20N4O4S2/c1-9(12(22)19-15(23)20-16(2,3)4)24-11(21)7-26-14-10-5-6-25-13(10)17-8-18-14/h5-6,8-9H,7H2,1-4H3,(H2,19,20,22,23)/t9-/m0/s1. The fourth-order valence-corrected chi connectivity index (χ4v) is 3.44. The highest BCUT2D eigenvalue weighted by atomic mass is 32.2. The van der Waals surface area contributed by atoms with Gasteiger partial charge >= 0.3 is 12.0 Å². The van der Waals surface area contributed by atoms with E-state index < -0.39 is 29.6 Å². The SMILES string of the molecule is C[C@H](OC(=O)CSc1ncnc2sccc12)C(=O)NC(=O)NC(C)(C)C. The molecule has 0 aromatic carbocycles. The molecule has 0 aliphatic carbocycles. The van der Waals surface area contributed by atoms with E-state index in [2.05, 4.69) is 20.6 Å². The first-order chi connectivity index (χ1) is 12.2. The summed E-state index contributed by atoms with van der Waals surface area (Å²) >= 11 is 2.70. The Morgan fingerprint density at radius 2 is 2.04 bits per heavy atom. The van der Waals surface area contributed by atoms with Crippen LogP contribution in [0.3, 0.4) is 0 Å². The Balaban J connectivity index is 1.82. The summed E-state index contributed by atoms with van der Waals surface area (Å²) in [5, 5.41) is 8.18. The van der Waals surface area contributed by atoms with Crippen molar-refractivity contribution >= 4 is 51.2 Å². The molecule has 0 bridgehead atoms. The Labute approximate surface area is 159 Å². The van der Waals surface area contributed by atoms with E-state index >= 15 is 0 Å². The summed E-state index contributed by atoms with van der Waals surface area (Å²) in [6, 6.07) is 1.25. The first-order valence-corrected chi connectivity index (χ1v) is 9.66. The number of esters is 1. The topological polar surface area (TPSA) is 110 Å². The Morgan fingerprint density at radius 3 is 2.73 bits per heavy atom. The average Bonchev–Trinajstić information content (AvgIpc) is 2.99. The first kappa shape index (κ1) is 20.1. The quantitative estimate of drug-likeness (QED) is 0.453. The zero-order valence-corrected chi connectivity index (χ0v) is 16.5. The minimum Gasteiger partial charge on any atom is -0.452 e. The molecule has 2 N–H and O–H groups in total. The monoisotopic (exact) mass is 396 g/mol. The average molecular weight is 396 g/mol. The fraction of sp³-hybridized carbons (Fsp3) is 0.438. The van der Waals surface area contributed by atoms with Gasteiger partial charge in [-0.25, -0.2) is 14.8 Å². The van der Waals surface area contributed by atoms with E-state index in [9.17, 15) is 14.4 Å². The zero-order chi connectivity index (χ0) is 19.3. The Morgan fingerprint density at radius 1 is 1.31 bits per heavy atom. The predicted molar refractivity (Wildman–Crippen MR) is 100 cm³/mol. The molecule has 0 aliphatic rings. The smallest absolute Gasteiger partial charge is 0.321 e. The molecule has 0 spiro atoms. The van der Waals surface area contributed by atoms with Gasteiger partial charge in [-0.1, -0.05) is 11.8 Å². The molecule has 26 heavy (non-hydrogen) atoms. The number of imide groups is 1. The maximum atomic E-state index is 12.0. The largest absolute Gasteiger partial charge is 0.452 e. The summed E-state index contributed by atoms with van der Waals surface area (Å²) in [5.74, 6) is -1.27. The lowest BCUT2D eigenvalue weighted by molar-refractivity contribution is -0.151. The molecular weight excluding hydrogens is 376 g/mol. The number of hydrogen-bond acceptors (Lipinski definition) is 8. The molecule has 1 atom stereocenters. The molecule has 0 radical (unpaired) electrons. The molecule has 8 nitrogen and oxygen atoms in total. The molecule has 2 heterocycles. The molecule has 2 aromatic heterocycles. The number of nitrogens with one attached hydrogen (secondary N) is 2. The number of thioether (sulfide) groups is 1. The lowest BCUT2D eigenvalue weighted by Gasteiger charge is -2.21. The molecule has 3 amide bonds. The van der Waals surface area contributed by atoms with Gasteiger partial charge in [-0.2, -0.15) is 0 Å². The van der Waals surface area contributed by atoms with Crippen LogP contribution in [0.5, 0.6) is 0 Å². The number of amides is 3. The molecule has 0 aliphatic heterocycles. The van der Waals surface area contributed by atoms with Crippen LogP contribution in [-0.4, -0.2) is 45.3 Å². The maximum Gasteiger partial charge on any atom is 0.321 e. The van der Waals surface area contributed by atoms with Gasteiger partial charge in [-0.3, -0.25) is 14.9 Å². The van der Waals surface area contributed by atoms with Crippen molar-refractivity contribution in [1.29, 1.82) is 0 Å². The second-order valence-electron chi connectivity index (χ2n) is 6.43. The molecule has 0 saturated carbocycles. The van der Waals surface area contributed by atoms with Gasteiger partial charge in [-0.15, -0.1) is 11.3 Å². The molecular formula is C16H20N4O4S2. The fourth-order valence-electron chi connectivity index (χ4n) is 1.88. The van der Waals surface area contributed by atoms with Crippen molar-refractivity contribution in [2.24, 2.45) is 0 Å². The van der Waals surface area contributed by atoms with Crippen LogP contribution in [0.2, 0.25) is 0 Å². The summed E-state index contributed by atoms with van der Waals surface area (Å²) in [4.78, 5) is 44.7. The molecule has 2 rings (SSSR count). The van der Waals surface area contributed by atoms with Crippen molar-refractivity contribution in [2.45, 2.75) is 44.4 Å². The predicted octanol–water partition coefficient (Wildman–Crippen LogP) is 2.34. The number of carbonyl (C=O) groups is 3. The van der Waals surface area contributed by atoms with Gasteiger partial charge in [0.25, 0.3) is 5.91 Å². The third-order valence-corrected chi connectivity index (χ3v) is 4.75. The molecule has 0 unspecified atom stereocenters. The second-order valence-corrected chi connectivity index (χ2v) is 8.29. The van der Waals surface area contributed by atoms with E-state index in [4.69, 9.17) is 4.74 Å². The van der Waals surface area contributed by atoms with Gasteiger partial charge in [0.15, 0.2) is 6.10 Å². The number of carbonyl (C=O) groups excluding carboxylic acids is 3. The van der Waals surface area contributed by atoms with E-state index in [-0.39, 0.29) is 5.75 Å². The van der Waals surface area contributed by atoms with Crippen molar-refractivity contribution < 1.29 is 19.1 Å². The van der Waals surface area contributed by atoms with Crippen molar-refractivity contribution in [3.8, 4) is 0 Å². The number of fused-ring (bicyclic) bond motifs is 1. The Hall–Kier alpha value is -2.20. The third-order valence-electron chi connectivity index (χ3n) is 2.95. The molecule has 0 saturated heterocycles. The molecule has 140 valence electrons. The summed E-state index contributed by atoms with van der Waals surface area (Å²) in [7, 11) is 0. The van der Waals surface area contributed by atoms with Crippen LogP contribution >= 0.6 is 23.1 Å². The van der Waals surface area contributed by atoms with Crippen LogP contribution in [0.1, 0.15) is 27.7 Å². The lowest BCUT2D eigenvalue weighted by atomic mass is 10.1. The van der Waals surface area contributed by atoms with Crippen LogP contribution in [0.25, 0.3) is 10.2 Å². The number of nitrogens with zero attached hydrogens (tertiary/aromatic N) is 2.